The van der Waals surface area contributed by atoms with Crippen LogP contribution in [0.1, 0.15) is 18.9 Å². The number of nitrogens with one attached hydrogen (secondary N) is 1. The Kier molecular flexibility index (Phi) is 4.01. The predicted molar refractivity (Wildman–Crippen MR) is 77.5 cm³/mol. The smallest absolute Gasteiger partial charge is 0.106 e. The van der Waals surface area contributed by atoms with Crippen molar-refractivity contribution < 1.29 is 4.74 Å². The highest BCUT2D eigenvalue weighted by molar-refractivity contribution is 9.10. The summed E-state index contributed by atoms with van der Waals surface area (Å²) in [5.74, 6) is 0. The summed E-state index contributed by atoms with van der Waals surface area (Å²) < 4.78 is 6.54. The summed E-state index contributed by atoms with van der Waals surface area (Å²) in [6.07, 6.45) is 1.22. The number of benzene rings is 1. The van der Waals surface area contributed by atoms with E-state index in [1.807, 2.05) is 18.2 Å². The molecule has 2 rings (SSSR count). The highest BCUT2D eigenvalue weighted by Gasteiger charge is 2.24. The van der Waals surface area contributed by atoms with E-state index in [0.29, 0.717) is 11.0 Å². The molecular weight excluding hydrogens is 300 g/mol. The molecule has 5 heteroatoms. The van der Waals surface area contributed by atoms with Crippen molar-refractivity contribution in [3.8, 4) is 0 Å². The van der Waals surface area contributed by atoms with Gasteiger partial charge in [-0.15, -0.1) is 0 Å². The average molecular weight is 315 g/mol. The van der Waals surface area contributed by atoms with Crippen molar-refractivity contribution in [1.82, 2.24) is 0 Å². The van der Waals surface area contributed by atoms with Crippen LogP contribution in [0.4, 0.5) is 5.69 Å². The Morgan fingerprint density at radius 2 is 2.35 bits per heavy atom. The zero-order chi connectivity index (χ0) is 12.4. The molecule has 1 aliphatic rings. The summed E-state index contributed by atoms with van der Waals surface area (Å²) in [4.78, 5) is 0.409. The number of hydrogen-bond donors (Lipinski definition) is 2. The number of hydrogen-bond acceptors (Lipinski definition) is 3. The van der Waals surface area contributed by atoms with Gasteiger partial charge in [-0.2, -0.15) is 0 Å². The maximum absolute atomic E-state index is 5.72. The van der Waals surface area contributed by atoms with Gasteiger partial charge in [0.2, 0.25) is 0 Å². The van der Waals surface area contributed by atoms with Crippen molar-refractivity contribution in [2.45, 2.75) is 25.5 Å². The van der Waals surface area contributed by atoms with Crippen LogP contribution in [-0.2, 0) is 4.74 Å². The Morgan fingerprint density at radius 3 is 2.94 bits per heavy atom. The Balaban J connectivity index is 2.24. The molecule has 0 saturated carbocycles. The number of nitrogens with two attached hydrogens (primary N) is 1. The van der Waals surface area contributed by atoms with Crippen molar-refractivity contribution in [2.75, 3.05) is 11.9 Å². The van der Waals surface area contributed by atoms with Crippen LogP contribution in [0.5, 0.6) is 0 Å². The van der Waals surface area contributed by atoms with Crippen LogP contribution in [0.25, 0.3) is 0 Å². The standard InChI is InChI=1S/C12H15BrN2OS/c1-7-10(4-5-16-7)15-11-6-8(13)2-3-9(11)12(14)17/h2-3,6-7,10,15H,4-5H2,1H3,(H2,14,17). The van der Waals surface area contributed by atoms with Crippen LogP contribution in [0.3, 0.4) is 0 Å². The summed E-state index contributed by atoms with van der Waals surface area (Å²) in [6.45, 7) is 2.87. The van der Waals surface area contributed by atoms with Gasteiger partial charge in [0, 0.05) is 22.3 Å². The Morgan fingerprint density at radius 1 is 1.59 bits per heavy atom. The molecule has 1 aliphatic heterocycles. The van der Waals surface area contributed by atoms with Gasteiger partial charge in [0.05, 0.1) is 12.1 Å². The lowest BCUT2D eigenvalue weighted by molar-refractivity contribution is 0.121. The number of ether oxygens (including phenoxy) is 1. The Hall–Kier alpha value is -0.650. The summed E-state index contributed by atoms with van der Waals surface area (Å²) in [7, 11) is 0. The molecule has 2 unspecified atom stereocenters. The van der Waals surface area contributed by atoms with Crippen molar-refractivity contribution in [3.05, 3.63) is 28.2 Å². The first-order valence-electron chi connectivity index (χ1n) is 5.55. The van der Waals surface area contributed by atoms with Crippen molar-refractivity contribution in [1.29, 1.82) is 0 Å². The predicted octanol–water partition coefficient (Wildman–Crippen LogP) is 2.67. The van der Waals surface area contributed by atoms with Crippen LogP contribution < -0.4 is 11.1 Å². The zero-order valence-electron chi connectivity index (χ0n) is 9.57. The summed E-state index contributed by atoms with van der Waals surface area (Å²) in [5, 5.41) is 3.46. The van der Waals surface area contributed by atoms with Crippen molar-refractivity contribution in [3.63, 3.8) is 0 Å². The zero-order valence-corrected chi connectivity index (χ0v) is 12.0. The van der Waals surface area contributed by atoms with Gasteiger partial charge in [-0.25, -0.2) is 0 Å². The average Bonchev–Trinajstić information content (AvgIpc) is 2.64. The van der Waals surface area contributed by atoms with Crippen LogP contribution >= 0.6 is 28.1 Å². The third-order valence-corrected chi connectivity index (χ3v) is 3.68. The first kappa shape index (κ1) is 12.8. The second-order valence-corrected chi connectivity index (χ2v) is 5.53. The fourth-order valence-electron chi connectivity index (χ4n) is 1.97. The van der Waals surface area contributed by atoms with Crippen LogP contribution in [0.2, 0.25) is 0 Å². The van der Waals surface area contributed by atoms with Gasteiger partial charge in [-0.05, 0) is 31.5 Å². The van der Waals surface area contributed by atoms with Gasteiger partial charge in [0.1, 0.15) is 4.99 Å². The van der Waals surface area contributed by atoms with E-state index in [1.165, 1.54) is 0 Å². The third-order valence-electron chi connectivity index (χ3n) is 2.96. The molecule has 1 heterocycles. The normalized spacial score (nSPS) is 23.6. The molecule has 0 bridgehead atoms. The molecule has 3 N–H and O–H groups in total. The van der Waals surface area contributed by atoms with Gasteiger partial charge in [-0.3, -0.25) is 0 Å². The van der Waals surface area contributed by atoms with Gasteiger partial charge >= 0.3 is 0 Å². The second kappa shape index (κ2) is 5.33. The molecule has 0 spiro atoms. The molecule has 1 saturated heterocycles. The van der Waals surface area contributed by atoms with Crippen LogP contribution in [0, 0.1) is 0 Å². The molecule has 0 aliphatic carbocycles. The number of thiocarbonyl (C=S) groups is 1. The molecule has 3 nitrogen and oxygen atoms in total. The lowest BCUT2D eigenvalue weighted by Gasteiger charge is -2.19. The monoisotopic (exact) mass is 314 g/mol. The van der Waals surface area contributed by atoms with E-state index in [0.717, 1.165) is 28.8 Å². The fraction of sp³-hybridized carbons (Fsp3) is 0.417. The summed E-state index contributed by atoms with van der Waals surface area (Å²) in [5.41, 5.74) is 7.56. The number of anilines is 1. The van der Waals surface area contributed by atoms with E-state index in [2.05, 4.69) is 28.2 Å². The largest absolute Gasteiger partial charge is 0.389 e. The molecule has 0 radical (unpaired) electrons. The Bertz CT molecular complexity index is 439. The van der Waals surface area contributed by atoms with Gasteiger partial charge in [0.15, 0.2) is 0 Å². The van der Waals surface area contributed by atoms with Crippen LogP contribution in [0.15, 0.2) is 22.7 Å². The van der Waals surface area contributed by atoms with Crippen molar-refractivity contribution >= 4 is 38.8 Å². The van der Waals surface area contributed by atoms with Crippen LogP contribution in [-0.4, -0.2) is 23.7 Å². The molecule has 1 aromatic rings. The van der Waals surface area contributed by atoms with E-state index in [9.17, 15) is 0 Å². The molecule has 1 fully saturated rings. The van der Waals surface area contributed by atoms with Gasteiger partial charge < -0.3 is 15.8 Å². The highest BCUT2D eigenvalue weighted by Crippen LogP contribution is 2.25. The minimum Gasteiger partial charge on any atom is -0.389 e. The molecule has 0 aromatic heterocycles. The first-order valence-corrected chi connectivity index (χ1v) is 6.75. The van der Waals surface area contributed by atoms with Crippen molar-refractivity contribution in [2.24, 2.45) is 5.73 Å². The lowest BCUT2D eigenvalue weighted by atomic mass is 10.1. The lowest BCUT2D eigenvalue weighted by Crippen LogP contribution is -2.28. The van der Waals surface area contributed by atoms with Gasteiger partial charge in [-0.1, -0.05) is 28.1 Å². The molecule has 0 amide bonds. The van der Waals surface area contributed by atoms with E-state index in [1.54, 1.807) is 0 Å². The molecule has 1 aromatic carbocycles. The topological polar surface area (TPSA) is 47.3 Å². The fourth-order valence-corrected chi connectivity index (χ4v) is 2.51. The van der Waals surface area contributed by atoms with E-state index < -0.39 is 0 Å². The second-order valence-electron chi connectivity index (χ2n) is 4.17. The van der Waals surface area contributed by atoms with E-state index >= 15 is 0 Å². The maximum Gasteiger partial charge on any atom is 0.106 e. The minimum atomic E-state index is 0.216. The molecular formula is C12H15BrN2OS. The quantitative estimate of drug-likeness (QED) is 0.842. The molecule has 2 atom stereocenters. The minimum absolute atomic E-state index is 0.216. The van der Waals surface area contributed by atoms with E-state index in [-0.39, 0.29) is 6.10 Å². The number of halogens is 1. The van der Waals surface area contributed by atoms with E-state index in [4.69, 9.17) is 22.7 Å². The highest BCUT2D eigenvalue weighted by atomic mass is 79.9. The molecule has 92 valence electrons. The van der Waals surface area contributed by atoms with Gasteiger partial charge in [0.25, 0.3) is 0 Å². The third kappa shape index (κ3) is 2.97. The molecule has 17 heavy (non-hydrogen) atoms. The Labute approximate surface area is 115 Å². The summed E-state index contributed by atoms with van der Waals surface area (Å²) >= 11 is 8.51. The number of rotatable bonds is 3. The maximum atomic E-state index is 5.72. The first-order chi connectivity index (χ1) is 8.08. The SMILES string of the molecule is CC1OCCC1Nc1cc(Br)ccc1C(N)=S. The summed E-state index contributed by atoms with van der Waals surface area (Å²) in [6, 6.07) is 6.18.